The van der Waals surface area contributed by atoms with Crippen molar-refractivity contribution in [2.24, 2.45) is 10.9 Å². The van der Waals surface area contributed by atoms with Gasteiger partial charge >= 0.3 is 0 Å². The van der Waals surface area contributed by atoms with Crippen LogP contribution in [0.4, 0.5) is 0 Å². The van der Waals surface area contributed by atoms with Crippen LogP contribution in [0.2, 0.25) is 0 Å². The normalized spacial score (nSPS) is 38.7. The van der Waals surface area contributed by atoms with Crippen molar-refractivity contribution in [2.45, 2.75) is 35.7 Å². The molecule has 3 fully saturated rings. The number of piperidine rings is 1. The molecule has 2 saturated heterocycles. The van der Waals surface area contributed by atoms with E-state index in [0.717, 1.165) is 34.4 Å². The van der Waals surface area contributed by atoms with Crippen molar-refractivity contribution in [3.8, 4) is 5.75 Å². The molecule has 1 amide bonds. The number of nitrogens with zero attached hydrogens (tertiary/aromatic N) is 2. The third-order valence-electron chi connectivity index (χ3n) is 5.98. The van der Waals surface area contributed by atoms with E-state index in [4.69, 9.17) is 4.74 Å². The summed E-state index contributed by atoms with van der Waals surface area (Å²) in [5.41, 5.74) is 1.53. The quantitative estimate of drug-likeness (QED) is 0.841. The van der Waals surface area contributed by atoms with Crippen molar-refractivity contribution in [1.82, 2.24) is 9.62 Å². The molecule has 3 aliphatic heterocycles. The lowest BCUT2D eigenvalue weighted by Gasteiger charge is -2.40. The summed E-state index contributed by atoms with van der Waals surface area (Å²) in [7, 11) is 1.65. The molecule has 1 aromatic carbocycles. The summed E-state index contributed by atoms with van der Waals surface area (Å²) in [6, 6.07) is 5.85. The lowest BCUT2D eigenvalue weighted by molar-refractivity contribution is -0.123. The molecular formula is C17H19N3O2S. The summed E-state index contributed by atoms with van der Waals surface area (Å²) in [6.45, 7) is 3.98. The fourth-order valence-corrected chi connectivity index (χ4v) is 5.47. The monoisotopic (exact) mass is 329 g/mol. The van der Waals surface area contributed by atoms with Crippen LogP contribution in [0.1, 0.15) is 25.3 Å². The number of ether oxygens (including phenoxy) is 1. The van der Waals surface area contributed by atoms with E-state index in [-0.39, 0.29) is 11.4 Å². The molecule has 6 heteroatoms. The summed E-state index contributed by atoms with van der Waals surface area (Å²) in [6.07, 6.45) is 2.47. The fourth-order valence-electron chi connectivity index (χ4n) is 4.40. The zero-order valence-electron chi connectivity index (χ0n) is 13.3. The Labute approximate surface area is 139 Å². The van der Waals surface area contributed by atoms with Crippen LogP contribution in [-0.2, 0) is 10.3 Å². The first-order chi connectivity index (χ1) is 11.1. The van der Waals surface area contributed by atoms with Gasteiger partial charge in [-0.2, -0.15) is 0 Å². The van der Waals surface area contributed by atoms with E-state index in [1.807, 2.05) is 25.1 Å². The van der Waals surface area contributed by atoms with Crippen LogP contribution in [-0.4, -0.2) is 42.3 Å². The van der Waals surface area contributed by atoms with E-state index in [2.05, 4.69) is 14.6 Å². The Balaban J connectivity index is 1.46. The third-order valence-corrected chi connectivity index (χ3v) is 7.05. The van der Waals surface area contributed by atoms with Crippen LogP contribution in [0.25, 0.3) is 0 Å². The maximum Gasteiger partial charge on any atom is 0.271 e. The average Bonchev–Trinajstić information content (AvgIpc) is 3.15. The molecule has 5 nitrogen and oxygen atoms in total. The molecule has 1 aliphatic carbocycles. The van der Waals surface area contributed by atoms with Gasteiger partial charge in [0, 0.05) is 11.4 Å². The largest absolute Gasteiger partial charge is 0.497 e. The van der Waals surface area contributed by atoms with Gasteiger partial charge < -0.3 is 4.74 Å². The first-order valence-electron chi connectivity index (χ1n) is 8.08. The highest BCUT2D eigenvalue weighted by atomic mass is 32.2. The van der Waals surface area contributed by atoms with Gasteiger partial charge in [0.2, 0.25) is 0 Å². The Bertz CT molecular complexity index is 764. The summed E-state index contributed by atoms with van der Waals surface area (Å²) in [5.74, 6) is 1.48. The maximum absolute atomic E-state index is 12.9. The number of methoxy groups -OCH3 is 1. The highest BCUT2D eigenvalue weighted by molar-refractivity contribution is 7.97. The Hall–Kier alpha value is -1.37. The Morgan fingerprint density at radius 1 is 1.52 bits per heavy atom. The van der Waals surface area contributed by atoms with Crippen LogP contribution < -0.4 is 9.46 Å². The van der Waals surface area contributed by atoms with Gasteiger partial charge in [-0.15, -0.1) is 0 Å². The van der Waals surface area contributed by atoms with Gasteiger partial charge in [-0.25, -0.2) is 9.71 Å². The predicted octanol–water partition coefficient (Wildman–Crippen LogP) is 1.97. The Morgan fingerprint density at radius 3 is 3.13 bits per heavy atom. The van der Waals surface area contributed by atoms with Gasteiger partial charge in [-0.1, -0.05) is 6.07 Å². The van der Waals surface area contributed by atoms with Crippen molar-refractivity contribution >= 4 is 23.6 Å². The highest BCUT2D eigenvalue weighted by Crippen LogP contribution is 2.61. The second kappa shape index (κ2) is 4.37. The highest BCUT2D eigenvalue weighted by Gasteiger charge is 2.70. The second-order valence-electron chi connectivity index (χ2n) is 7.09. The fraction of sp³-hybridized carbons (Fsp3) is 0.529. The summed E-state index contributed by atoms with van der Waals surface area (Å²) in [5, 5.41) is 0. The number of benzene rings is 1. The maximum atomic E-state index is 12.9. The molecule has 0 radical (unpaired) electrons. The molecule has 5 rings (SSSR count). The zero-order chi connectivity index (χ0) is 15.8. The van der Waals surface area contributed by atoms with Crippen LogP contribution in [0, 0.1) is 5.92 Å². The molecule has 23 heavy (non-hydrogen) atoms. The number of hydrogen-bond donors (Lipinski definition) is 1. The number of rotatable bonds is 2. The van der Waals surface area contributed by atoms with Crippen LogP contribution in [0.3, 0.4) is 0 Å². The van der Waals surface area contributed by atoms with Gasteiger partial charge in [-0.3, -0.25) is 9.69 Å². The van der Waals surface area contributed by atoms with E-state index in [0.29, 0.717) is 0 Å². The number of aliphatic imine (C=N–C) groups is 1. The third kappa shape index (κ3) is 1.66. The summed E-state index contributed by atoms with van der Waals surface area (Å²) in [4.78, 5) is 21.0. The summed E-state index contributed by atoms with van der Waals surface area (Å²) >= 11 is 1.48. The van der Waals surface area contributed by atoms with Gasteiger partial charge in [0.25, 0.3) is 5.91 Å². The number of carbonyl (C=O) groups excluding carboxylic acids is 1. The smallest absolute Gasteiger partial charge is 0.271 e. The zero-order valence-corrected chi connectivity index (χ0v) is 14.1. The van der Waals surface area contributed by atoms with Crippen molar-refractivity contribution in [3.63, 3.8) is 0 Å². The van der Waals surface area contributed by atoms with E-state index in [1.165, 1.54) is 31.3 Å². The lowest BCUT2D eigenvalue weighted by Crippen LogP contribution is -2.58. The minimum absolute atomic E-state index is 0.0736. The molecule has 1 spiro atoms. The number of fused-ring (bicyclic) bond motifs is 1. The molecule has 1 saturated carbocycles. The SMILES string of the molecule is COc1ccc2c(c1)SNC2(C)C(=O)N=C1CN2CCC3CC132. The molecule has 1 aromatic rings. The van der Waals surface area contributed by atoms with Gasteiger partial charge in [0.1, 0.15) is 11.3 Å². The Morgan fingerprint density at radius 2 is 2.39 bits per heavy atom. The minimum atomic E-state index is -0.751. The molecule has 4 aliphatic rings. The molecule has 120 valence electrons. The topological polar surface area (TPSA) is 53.9 Å². The van der Waals surface area contributed by atoms with Gasteiger partial charge in [0.15, 0.2) is 0 Å². The van der Waals surface area contributed by atoms with E-state index in [1.54, 1.807) is 7.11 Å². The molecule has 3 heterocycles. The van der Waals surface area contributed by atoms with Crippen molar-refractivity contribution in [3.05, 3.63) is 23.8 Å². The average molecular weight is 329 g/mol. The molecular weight excluding hydrogens is 310 g/mol. The molecule has 0 bridgehead atoms. The Kier molecular flexibility index (Phi) is 2.67. The van der Waals surface area contributed by atoms with Crippen LogP contribution in [0.15, 0.2) is 28.1 Å². The van der Waals surface area contributed by atoms with E-state index in [9.17, 15) is 4.79 Å². The van der Waals surface area contributed by atoms with Crippen molar-refractivity contribution < 1.29 is 9.53 Å². The van der Waals surface area contributed by atoms with Crippen LogP contribution in [0.5, 0.6) is 5.75 Å². The second-order valence-corrected chi connectivity index (χ2v) is 7.94. The van der Waals surface area contributed by atoms with E-state index < -0.39 is 5.54 Å². The van der Waals surface area contributed by atoms with Crippen molar-refractivity contribution in [2.75, 3.05) is 20.2 Å². The molecule has 3 unspecified atom stereocenters. The first kappa shape index (κ1) is 14.0. The summed E-state index contributed by atoms with van der Waals surface area (Å²) < 4.78 is 8.55. The predicted molar refractivity (Wildman–Crippen MR) is 88.8 cm³/mol. The standard InChI is InChI=1S/C17H19N3O2S/c1-16(12-4-3-11(22-2)7-13(12)23-19-16)15(21)18-14-9-20-6-5-10-8-17(10,14)20/h3-4,7,10,19H,5-6,8-9H2,1-2H3. The minimum Gasteiger partial charge on any atom is -0.497 e. The number of carbonyl (C=O) groups is 1. The van der Waals surface area contributed by atoms with E-state index >= 15 is 0 Å². The number of nitrogens with one attached hydrogen (secondary N) is 1. The van der Waals surface area contributed by atoms with Gasteiger partial charge in [0.05, 0.1) is 18.4 Å². The van der Waals surface area contributed by atoms with Gasteiger partial charge in [-0.05, 0) is 61.9 Å². The van der Waals surface area contributed by atoms with Crippen molar-refractivity contribution in [1.29, 1.82) is 0 Å². The molecule has 0 aromatic heterocycles. The first-order valence-corrected chi connectivity index (χ1v) is 8.89. The number of hydrogen-bond acceptors (Lipinski definition) is 5. The molecule has 1 N–H and O–H groups in total. The van der Waals surface area contributed by atoms with Crippen LogP contribution >= 0.6 is 11.9 Å². The number of amides is 1. The lowest BCUT2D eigenvalue weighted by atomic mass is 9.91. The molecule has 3 atom stereocenters.